The Hall–Kier alpha value is -2.89. The highest BCUT2D eigenvalue weighted by atomic mass is 35.5. The van der Waals surface area contributed by atoms with Gasteiger partial charge in [0, 0.05) is 6.20 Å². The molecule has 0 unspecified atom stereocenters. The number of hydrogen-bond acceptors (Lipinski definition) is 4. The number of para-hydroxylation sites is 1. The van der Waals surface area contributed by atoms with Crippen molar-refractivity contribution in [2.45, 2.75) is 6.92 Å². The number of aryl methyl sites for hydroxylation is 1. The molecule has 1 aromatic heterocycles. The summed E-state index contributed by atoms with van der Waals surface area (Å²) in [5.74, 6) is -0.115. The van der Waals surface area contributed by atoms with Gasteiger partial charge >= 0.3 is 0 Å². The lowest BCUT2D eigenvalue weighted by Crippen LogP contribution is -2.28. The minimum atomic E-state index is -0.115. The molecule has 4 nitrogen and oxygen atoms in total. The second kappa shape index (κ2) is 8.00. The van der Waals surface area contributed by atoms with E-state index in [2.05, 4.69) is 9.98 Å². The monoisotopic (exact) mass is 405 g/mol. The maximum Gasteiger partial charge on any atom is 0.271 e. The lowest BCUT2D eigenvalue weighted by Gasteiger charge is -2.15. The summed E-state index contributed by atoms with van der Waals surface area (Å²) < 4.78 is 0. The number of hydrogen-bond donors (Lipinski definition) is 0. The summed E-state index contributed by atoms with van der Waals surface area (Å²) in [7, 11) is 0. The number of thioether (sulfide) groups is 1. The summed E-state index contributed by atoms with van der Waals surface area (Å²) in [6.45, 7) is 2.03. The average Bonchev–Trinajstić information content (AvgIpc) is 3.01. The number of benzene rings is 2. The fraction of sp³-hybridized carbons (Fsp3) is 0.0455. The van der Waals surface area contributed by atoms with Crippen molar-refractivity contribution in [2.24, 2.45) is 4.99 Å². The molecule has 1 saturated heterocycles. The molecule has 0 N–H and O–H groups in total. The molecule has 28 heavy (non-hydrogen) atoms. The zero-order chi connectivity index (χ0) is 19.5. The number of pyridine rings is 1. The van der Waals surface area contributed by atoms with Crippen LogP contribution in [0, 0.1) is 6.92 Å². The van der Waals surface area contributed by atoms with E-state index < -0.39 is 0 Å². The van der Waals surface area contributed by atoms with Crippen molar-refractivity contribution >= 4 is 51.9 Å². The molecule has 0 spiro atoms. The number of rotatable bonds is 3. The summed E-state index contributed by atoms with van der Waals surface area (Å²) >= 11 is 7.49. The van der Waals surface area contributed by atoms with Gasteiger partial charge in [0.2, 0.25) is 0 Å². The van der Waals surface area contributed by atoms with E-state index in [0.717, 1.165) is 11.3 Å². The lowest BCUT2D eigenvalue weighted by molar-refractivity contribution is -0.113. The van der Waals surface area contributed by atoms with Gasteiger partial charge in [0.05, 0.1) is 10.6 Å². The van der Waals surface area contributed by atoms with Gasteiger partial charge in [-0.15, -0.1) is 0 Å². The van der Waals surface area contributed by atoms with E-state index in [1.54, 1.807) is 23.2 Å². The van der Waals surface area contributed by atoms with Crippen LogP contribution in [0.25, 0.3) is 6.08 Å². The Labute approximate surface area is 172 Å². The molecule has 4 rings (SSSR count). The zero-order valence-electron chi connectivity index (χ0n) is 15.0. The van der Waals surface area contributed by atoms with Gasteiger partial charge in [-0.3, -0.25) is 9.69 Å². The van der Waals surface area contributed by atoms with Crippen LogP contribution < -0.4 is 4.90 Å². The first-order chi connectivity index (χ1) is 13.6. The molecule has 1 amide bonds. The number of nitrogens with zero attached hydrogens (tertiary/aromatic N) is 3. The van der Waals surface area contributed by atoms with Gasteiger partial charge < -0.3 is 0 Å². The molecule has 3 aromatic rings. The molecule has 1 aliphatic rings. The molecule has 138 valence electrons. The first-order valence-electron chi connectivity index (χ1n) is 8.67. The van der Waals surface area contributed by atoms with Crippen LogP contribution in [-0.4, -0.2) is 16.1 Å². The number of carbonyl (C=O) groups excluding carboxylic acids is 1. The van der Waals surface area contributed by atoms with Crippen molar-refractivity contribution < 1.29 is 4.79 Å². The summed E-state index contributed by atoms with van der Waals surface area (Å²) in [5, 5.41) is 0.844. The number of halogens is 1. The Morgan fingerprint density at radius 1 is 1.04 bits per heavy atom. The molecule has 2 aromatic carbocycles. The fourth-order valence-corrected chi connectivity index (χ4v) is 3.89. The van der Waals surface area contributed by atoms with Crippen LogP contribution in [0.5, 0.6) is 0 Å². The first-order valence-corrected chi connectivity index (χ1v) is 9.86. The van der Waals surface area contributed by atoms with Gasteiger partial charge in [-0.05, 0) is 54.6 Å². The molecule has 1 fully saturated rings. The van der Waals surface area contributed by atoms with Gasteiger partial charge in [-0.1, -0.05) is 59.6 Å². The standard InChI is InChI=1S/C22H16ClN3OS/c1-15-9-11-16(12-10-15)14-19-21(27)26(17-6-3-2-4-7-17)22(28-19)25-18-8-5-13-24-20(18)23/h2-14H,1H3/b19-14-,25-22?. The van der Waals surface area contributed by atoms with Crippen molar-refractivity contribution in [2.75, 3.05) is 4.90 Å². The number of anilines is 1. The normalized spacial score (nSPS) is 16.9. The third-order valence-corrected chi connectivity index (χ3v) is 5.41. The van der Waals surface area contributed by atoms with Crippen molar-refractivity contribution in [1.82, 2.24) is 4.98 Å². The summed E-state index contributed by atoms with van der Waals surface area (Å²) in [5.41, 5.74) is 3.42. The topological polar surface area (TPSA) is 45.6 Å². The van der Waals surface area contributed by atoms with E-state index in [9.17, 15) is 4.79 Å². The molecule has 1 aliphatic heterocycles. The molecule has 0 aliphatic carbocycles. The average molecular weight is 406 g/mol. The minimum absolute atomic E-state index is 0.115. The summed E-state index contributed by atoms with van der Waals surface area (Å²) in [6, 6.07) is 21.0. The van der Waals surface area contributed by atoms with Gasteiger partial charge in [0.1, 0.15) is 5.69 Å². The van der Waals surface area contributed by atoms with Crippen LogP contribution in [-0.2, 0) is 4.79 Å². The lowest BCUT2D eigenvalue weighted by atomic mass is 10.1. The Balaban J connectivity index is 1.78. The smallest absolute Gasteiger partial charge is 0.268 e. The van der Waals surface area contributed by atoms with E-state index in [4.69, 9.17) is 11.6 Å². The van der Waals surface area contributed by atoms with Crippen LogP contribution in [0.3, 0.4) is 0 Å². The van der Waals surface area contributed by atoms with Gasteiger partial charge in [0.15, 0.2) is 10.3 Å². The van der Waals surface area contributed by atoms with Crippen molar-refractivity contribution in [1.29, 1.82) is 0 Å². The molecular weight excluding hydrogens is 390 g/mol. The highest BCUT2D eigenvalue weighted by molar-refractivity contribution is 8.19. The Bertz CT molecular complexity index is 1080. The molecular formula is C22H16ClN3OS. The van der Waals surface area contributed by atoms with E-state index in [-0.39, 0.29) is 5.91 Å². The molecule has 0 atom stereocenters. The zero-order valence-corrected chi connectivity index (χ0v) is 16.6. The third-order valence-electron chi connectivity index (χ3n) is 4.15. The Morgan fingerprint density at radius 3 is 2.50 bits per heavy atom. The number of amidine groups is 1. The largest absolute Gasteiger partial charge is 0.271 e. The second-order valence-corrected chi connectivity index (χ2v) is 7.57. The van der Waals surface area contributed by atoms with Crippen LogP contribution in [0.15, 0.2) is 82.8 Å². The predicted octanol–water partition coefficient (Wildman–Crippen LogP) is 5.85. The van der Waals surface area contributed by atoms with E-state index in [1.807, 2.05) is 67.6 Å². The number of aromatic nitrogens is 1. The Kier molecular flexibility index (Phi) is 5.28. The molecule has 0 saturated carbocycles. The third kappa shape index (κ3) is 3.86. The van der Waals surface area contributed by atoms with Gasteiger partial charge in [-0.25, -0.2) is 9.98 Å². The Morgan fingerprint density at radius 2 is 1.79 bits per heavy atom. The van der Waals surface area contributed by atoms with E-state index in [0.29, 0.717) is 20.9 Å². The van der Waals surface area contributed by atoms with Crippen LogP contribution >= 0.6 is 23.4 Å². The van der Waals surface area contributed by atoms with Crippen LogP contribution in [0.4, 0.5) is 11.4 Å². The minimum Gasteiger partial charge on any atom is -0.268 e. The quantitative estimate of drug-likeness (QED) is 0.405. The molecule has 0 bridgehead atoms. The highest BCUT2D eigenvalue weighted by Crippen LogP contribution is 2.38. The molecule has 2 heterocycles. The van der Waals surface area contributed by atoms with Crippen LogP contribution in [0.2, 0.25) is 5.15 Å². The van der Waals surface area contributed by atoms with Gasteiger partial charge in [-0.2, -0.15) is 0 Å². The van der Waals surface area contributed by atoms with Crippen molar-refractivity contribution in [3.63, 3.8) is 0 Å². The summed E-state index contributed by atoms with van der Waals surface area (Å²) in [6.07, 6.45) is 3.49. The number of carbonyl (C=O) groups is 1. The second-order valence-electron chi connectivity index (χ2n) is 6.21. The highest BCUT2D eigenvalue weighted by Gasteiger charge is 2.34. The fourth-order valence-electron chi connectivity index (χ4n) is 2.73. The molecule has 0 radical (unpaired) electrons. The van der Waals surface area contributed by atoms with Crippen LogP contribution in [0.1, 0.15) is 11.1 Å². The maximum absolute atomic E-state index is 13.2. The maximum atomic E-state index is 13.2. The first kappa shape index (κ1) is 18.5. The van der Waals surface area contributed by atoms with Crippen molar-refractivity contribution in [3.8, 4) is 0 Å². The number of aliphatic imine (C=N–C) groups is 1. The number of amides is 1. The summed E-state index contributed by atoms with van der Waals surface area (Å²) in [4.78, 5) is 24.1. The van der Waals surface area contributed by atoms with E-state index >= 15 is 0 Å². The van der Waals surface area contributed by atoms with E-state index in [1.165, 1.54) is 17.3 Å². The van der Waals surface area contributed by atoms with Gasteiger partial charge in [0.25, 0.3) is 5.91 Å². The predicted molar refractivity (Wildman–Crippen MR) is 117 cm³/mol. The van der Waals surface area contributed by atoms with Crippen molar-refractivity contribution in [3.05, 3.63) is 94.1 Å². The SMILES string of the molecule is Cc1ccc(/C=C2\SC(=Nc3cccnc3Cl)N(c3ccccc3)C2=O)cc1. The molecule has 6 heteroatoms.